The molecule has 96 valence electrons. The molecular weight excluding hydrogens is 242 g/mol. The molecule has 18 heavy (non-hydrogen) atoms. The topological polar surface area (TPSA) is 54.4 Å². The van der Waals surface area contributed by atoms with E-state index < -0.39 is 12.4 Å². The minimum absolute atomic E-state index is 0.159. The Morgan fingerprint density at radius 3 is 2.67 bits per heavy atom. The zero-order valence-corrected chi connectivity index (χ0v) is 9.48. The van der Waals surface area contributed by atoms with Crippen LogP contribution < -0.4 is 0 Å². The average Bonchev–Trinajstić information content (AvgIpc) is 2.33. The predicted molar refractivity (Wildman–Crippen MR) is 62.5 cm³/mol. The van der Waals surface area contributed by atoms with Crippen molar-refractivity contribution < 1.29 is 23.5 Å². The molecule has 0 spiro atoms. The van der Waals surface area contributed by atoms with Gasteiger partial charge in [-0.3, -0.25) is 0 Å². The Balaban J connectivity index is 3.16. The van der Waals surface area contributed by atoms with Gasteiger partial charge in [-0.15, -0.1) is 0 Å². The van der Waals surface area contributed by atoms with Crippen LogP contribution in [0.25, 0.3) is 6.08 Å². The zero-order valence-electron chi connectivity index (χ0n) is 9.48. The summed E-state index contributed by atoms with van der Waals surface area (Å²) >= 11 is 0. The van der Waals surface area contributed by atoms with E-state index in [0.29, 0.717) is 11.8 Å². The summed E-state index contributed by atoms with van der Waals surface area (Å²) in [7, 11) is 0. The summed E-state index contributed by atoms with van der Waals surface area (Å²) in [6.07, 6.45) is 0.277. The van der Waals surface area contributed by atoms with Gasteiger partial charge in [-0.25, -0.2) is 13.6 Å². The fourth-order valence-corrected chi connectivity index (χ4v) is 1.64. The second-order valence-corrected chi connectivity index (χ2v) is 3.60. The summed E-state index contributed by atoms with van der Waals surface area (Å²) in [5.41, 5.74) is 0.317. The molecule has 1 aromatic rings. The minimum Gasteiger partial charge on any atom is -0.478 e. The van der Waals surface area contributed by atoms with E-state index in [1.165, 1.54) is 12.1 Å². The van der Waals surface area contributed by atoms with E-state index in [2.05, 4.69) is 0 Å². The summed E-state index contributed by atoms with van der Waals surface area (Å²) in [4.78, 5) is 20.7. The smallest absolute Gasteiger partial charge is 0.328 e. The van der Waals surface area contributed by atoms with E-state index >= 15 is 0 Å². The van der Waals surface area contributed by atoms with E-state index in [1.807, 2.05) is 0 Å². The number of carbonyl (C=O) groups is 2. The van der Waals surface area contributed by atoms with Crippen LogP contribution in [0.1, 0.15) is 29.5 Å². The van der Waals surface area contributed by atoms with Gasteiger partial charge in [0, 0.05) is 18.1 Å². The Morgan fingerprint density at radius 1 is 1.39 bits per heavy atom. The van der Waals surface area contributed by atoms with Crippen molar-refractivity contribution in [3.63, 3.8) is 0 Å². The SMILES string of the molecule is O=CCCc1cccc(/C=C/C(=O)O)c1C(F)F. The summed E-state index contributed by atoms with van der Waals surface area (Å²) < 4.78 is 25.9. The van der Waals surface area contributed by atoms with Gasteiger partial charge in [-0.1, -0.05) is 18.2 Å². The number of carboxylic acids is 1. The summed E-state index contributed by atoms with van der Waals surface area (Å²) in [6, 6.07) is 4.50. The van der Waals surface area contributed by atoms with Crippen LogP contribution in [0.2, 0.25) is 0 Å². The number of halogens is 2. The van der Waals surface area contributed by atoms with Crippen LogP contribution in [0.3, 0.4) is 0 Å². The molecule has 0 fully saturated rings. The minimum atomic E-state index is -2.71. The largest absolute Gasteiger partial charge is 0.478 e. The lowest BCUT2D eigenvalue weighted by atomic mass is 9.97. The molecule has 0 aliphatic heterocycles. The van der Waals surface area contributed by atoms with E-state index in [4.69, 9.17) is 5.11 Å². The first-order valence-electron chi connectivity index (χ1n) is 5.31. The molecule has 0 radical (unpaired) electrons. The molecule has 3 nitrogen and oxygen atoms in total. The van der Waals surface area contributed by atoms with Crippen molar-refractivity contribution in [2.45, 2.75) is 19.3 Å². The van der Waals surface area contributed by atoms with Crippen molar-refractivity contribution in [3.8, 4) is 0 Å². The molecule has 0 aliphatic carbocycles. The standard InChI is InChI=1S/C13H12F2O3/c14-13(15)12-9(5-2-8-16)3-1-4-10(12)6-7-11(17)18/h1,3-4,6-8,13H,2,5H2,(H,17,18)/b7-6+. The number of aldehydes is 1. The van der Waals surface area contributed by atoms with Crippen molar-refractivity contribution in [2.75, 3.05) is 0 Å². The molecule has 0 saturated carbocycles. The molecule has 0 unspecified atom stereocenters. The highest BCUT2D eigenvalue weighted by molar-refractivity contribution is 5.85. The number of carboxylic acid groups (broad SMARTS) is 1. The van der Waals surface area contributed by atoms with Gasteiger partial charge in [0.15, 0.2) is 0 Å². The molecular formula is C13H12F2O3. The van der Waals surface area contributed by atoms with Crippen LogP contribution in [0, 0.1) is 0 Å². The molecule has 1 rings (SSSR count). The molecule has 0 saturated heterocycles. The second kappa shape index (κ2) is 6.64. The highest BCUT2D eigenvalue weighted by Crippen LogP contribution is 2.28. The first-order chi connectivity index (χ1) is 8.56. The molecule has 0 heterocycles. The van der Waals surface area contributed by atoms with Gasteiger partial charge in [0.1, 0.15) is 6.29 Å². The van der Waals surface area contributed by atoms with Crippen LogP contribution >= 0.6 is 0 Å². The monoisotopic (exact) mass is 254 g/mol. The lowest BCUT2D eigenvalue weighted by Crippen LogP contribution is -1.99. The third-order valence-corrected chi connectivity index (χ3v) is 2.39. The zero-order chi connectivity index (χ0) is 13.5. The van der Waals surface area contributed by atoms with Crippen molar-refractivity contribution in [1.29, 1.82) is 0 Å². The highest BCUT2D eigenvalue weighted by Gasteiger charge is 2.16. The molecule has 0 aliphatic rings. The van der Waals surface area contributed by atoms with Gasteiger partial charge in [-0.05, 0) is 23.6 Å². The van der Waals surface area contributed by atoms with Gasteiger partial charge < -0.3 is 9.90 Å². The molecule has 0 bridgehead atoms. The highest BCUT2D eigenvalue weighted by atomic mass is 19.3. The lowest BCUT2D eigenvalue weighted by molar-refractivity contribution is -0.131. The number of rotatable bonds is 6. The third-order valence-electron chi connectivity index (χ3n) is 2.39. The fourth-order valence-electron chi connectivity index (χ4n) is 1.64. The van der Waals surface area contributed by atoms with Gasteiger partial charge >= 0.3 is 5.97 Å². The normalized spacial score (nSPS) is 11.1. The van der Waals surface area contributed by atoms with Crippen molar-refractivity contribution in [3.05, 3.63) is 41.0 Å². The van der Waals surface area contributed by atoms with Gasteiger partial charge in [0.2, 0.25) is 0 Å². The number of aliphatic carboxylic acids is 1. The Labute approximate surface area is 103 Å². The molecule has 0 atom stereocenters. The Bertz CT molecular complexity index is 467. The number of hydrogen-bond donors (Lipinski definition) is 1. The van der Waals surface area contributed by atoms with Crippen molar-refractivity contribution in [2.24, 2.45) is 0 Å². The van der Waals surface area contributed by atoms with Gasteiger partial charge in [0.05, 0.1) is 0 Å². The van der Waals surface area contributed by atoms with Crippen molar-refractivity contribution in [1.82, 2.24) is 0 Å². The molecule has 0 amide bonds. The van der Waals surface area contributed by atoms with E-state index in [0.717, 1.165) is 12.2 Å². The van der Waals surface area contributed by atoms with Crippen LogP contribution in [0.15, 0.2) is 24.3 Å². The Hall–Kier alpha value is -2.04. The van der Waals surface area contributed by atoms with E-state index in [1.54, 1.807) is 6.07 Å². The predicted octanol–water partition coefficient (Wildman–Crippen LogP) is 2.85. The maximum absolute atomic E-state index is 13.0. The van der Waals surface area contributed by atoms with E-state index in [-0.39, 0.29) is 24.0 Å². The molecule has 1 N–H and O–H groups in total. The number of benzene rings is 1. The number of aryl methyl sites for hydroxylation is 1. The number of hydrogen-bond acceptors (Lipinski definition) is 2. The summed E-state index contributed by atoms with van der Waals surface area (Å²) in [5.74, 6) is -1.20. The molecule has 0 aromatic heterocycles. The molecule has 5 heteroatoms. The maximum atomic E-state index is 13.0. The Kier molecular flexibility index (Phi) is 5.17. The van der Waals surface area contributed by atoms with Gasteiger partial charge in [-0.2, -0.15) is 0 Å². The van der Waals surface area contributed by atoms with Crippen LogP contribution in [-0.2, 0) is 16.0 Å². The first-order valence-corrected chi connectivity index (χ1v) is 5.31. The first kappa shape index (κ1) is 14.0. The summed E-state index contributed by atoms with van der Waals surface area (Å²) in [6.45, 7) is 0. The van der Waals surface area contributed by atoms with Crippen LogP contribution in [0.4, 0.5) is 8.78 Å². The van der Waals surface area contributed by atoms with E-state index in [9.17, 15) is 18.4 Å². The second-order valence-electron chi connectivity index (χ2n) is 3.60. The van der Waals surface area contributed by atoms with Crippen molar-refractivity contribution >= 4 is 18.3 Å². The fraction of sp³-hybridized carbons (Fsp3) is 0.231. The lowest BCUT2D eigenvalue weighted by Gasteiger charge is -2.11. The van der Waals surface area contributed by atoms with Crippen LogP contribution in [0.5, 0.6) is 0 Å². The molecule has 1 aromatic carbocycles. The average molecular weight is 254 g/mol. The Morgan fingerprint density at radius 2 is 2.11 bits per heavy atom. The number of carbonyl (C=O) groups excluding carboxylic acids is 1. The third kappa shape index (κ3) is 3.76. The quantitative estimate of drug-likeness (QED) is 0.627. The van der Waals surface area contributed by atoms with Crippen LogP contribution in [-0.4, -0.2) is 17.4 Å². The number of alkyl halides is 2. The maximum Gasteiger partial charge on any atom is 0.328 e. The van der Waals surface area contributed by atoms with Gasteiger partial charge in [0.25, 0.3) is 6.43 Å². The summed E-state index contributed by atoms with van der Waals surface area (Å²) in [5, 5.41) is 8.49.